The van der Waals surface area contributed by atoms with Gasteiger partial charge in [0.25, 0.3) is 0 Å². The van der Waals surface area contributed by atoms with Gasteiger partial charge in [-0.25, -0.2) is 4.68 Å². The highest BCUT2D eigenvalue weighted by Gasteiger charge is 1.92. The first kappa shape index (κ1) is 7.71. The predicted molar refractivity (Wildman–Crippen MR) is 40.2 cm³/mol. The summed E-state index contributed by atoms with van der Waals surface area (Å²) in [5.41, 5.74) is 0.818. The average Bonchev–Trinajstić information content (AvgIpc) is 2.37. The summed E-state index contributed by atoms with van der Waals surface area (Å²) in [6.45, 7) is 2.45. The highest BCUT2D eigenvalue weighted by atomic mass is 16.6. The minimum atomic E-state index is 0.571. The third-order valence-corrected chi connectivity index (χ3v) is 1.14. The Labute approximate surface area is 64.6 Å². The maximum absolute atomic E-state index is 4.76. The summed E-state index contributed by atoms with van der Waals surface area (Å²) in [6.07, 6.45) is 3.19. The van der Waals surface area contributed by atoms with E-state index in [1.807, 2.05) is 6.92 Å². The van der Waals surface area contributed by atoms with Crippen molar-refractivity contribution in [1.29, 1.82) is 0 Å². The van der Waals surface area contributed by atoms with E-state index in [-0.39, 0.29) is 0 Å². The molecule has 0 N–H and O–H groups in total. The molecule has 0 saturated heterocycles. The van der Waals surface area contributed by atoms with Gasteiger partial charge in [-0.2, -0.15) is 0 Å². The Morgan fingerprint density at radius 3 is 3.18 bits per heavy atom. The van der Waals surface area contributed by atoms with Crippen molar-refractivity contribution in [2.45, 2.75) is 6.92 Å². The molecule has 0 aliphatic rings. The highest BCUT2D eigenvalue weighted by molar-refractivity contribution is 5.75. The van der Waals surface area contributed by atoms with Crippen molar-refractivity contribution >= 4 is 6.21 Å². The van der Waals surface area contributed by atoms with Gasteiger partial charge in [-0.3, -0.25) is 0 Å². The van der Waals surface area contributed by atoms with Crippen LogP contribution in [0.5, 0.6) is 0 Å². The Morgan fingerprint density at radius 1 is 1.82 bits per heavy atom. The van der Waals surface area contributed by atoms with Crippen molar-refractivity contribution in [3.8, 4) is 0 Å². The summed E-state index contributed by atoms with van der Waals surface area (Å²) in [4.78, 5) is 4.76. The molecule has 0 spiro atoms. The standard InChI is InChI=1S/C6H10N4O/c1-3-11-8-5-6-4-7-9-10(6)2/h4-5H,3H2,1-2H3/b8-5+. The van der Waals surface area contributed by atoms with Crippen LogP contribution in [0.3, 0.4) is 0 Å². The summed E-state index contributed by atoms with van der Waals surface area (Å²) in [5.74, 6) is 0. The first-order chi connectivity index (χ1) is 5.34. The lowest BCUT2D eigenvalue weighted by Crippen LogP contribution is -1.96. The number of hydrogen-bond donors (Lipinski definition) is 0. The van der Waals surface area contributed by atoms with Gasteiger partial charge in [0.05, 0.1) is 12.4 Å². The Morgan fingerprint density at radius 2 is 2.64 bits per heavy atom. The van der Waals surface area contributed by atoms with Gasteiger partial charge < -0.3 is 4.84 Å². The van der Waals surface area contributed by atoms with Gasteiger partial charge in [0, 0.05) is 7.05 Å². The van der Waals surface area contributed by atoms with Gasteiger partial charge in [-0.1, -0.05) is 10.4 Å². The van der Waals surface area contributed by atoms with E-state index in [2.05, 4.69) is 15.5 Å². The molecule has 1 rings (SSSR count). The molecule has 1 aromatic heterocycles. The smallest absolute Gasteiger partial charge is 0.114 e. The molecular formula is C6H10N4O. The lowest BCUT2D eigenvalue weighted by molar-refractivity contribution is 0.160. The lowest BCUT2D eigenvalue weighted by atomic mass is 10.5. The van der Waals surface area contributed by atoms with Crippen LogP contribution in [0.2, 0.25) is 0 Å². The fourth-order valence-electron chi connectivity index (χ4n) is 0.580. The fraction of sp³-hybridized carbons (Fsp3) is 0.500. The van der Waals surface area contributed by atoms with Crippen LogP contribution < -0.4 is 0 Å². The van der Waals surface area contributed by atoms with Gasteiger partial charge in [-0.05, 0) is 6.92 Å². The van der Waals surface area contributed by atoms with E-state index in [4.69, 9.17) is 4.84 Å². The lowest BCUT2D eigenvalue weighted by Gasteiger charge is -1.91. The van der Waals surface area contributed by atoms with E-state index in [0.717, 1.165) is 5.69 Å². The van der Waals surface area contributed by atoms with Crippen LogP contribution in [-0.4, -0.2) is 27.8 Å². The molecule has 0 saturated carbocycles. The summed E-state index contributed by atoms with van der Waals surface area (Å²) < 4.78 is 1.61. The molecule has 1 heterocycles. The summed E-state index contributed by atoms with van der Waals surface area (Å²) >= 11 is 0. The van der Waals surface area contributed by atoms with Crippen molar-refractivity contribution in [2.75, 3.05) is 6.61 Å². The summed E-state index contributed by atoms with van der Waals surface area (Å²) in [7, 11) is 1.79. The Bertz CT molecular complexity index is 242. The maximum Gasteiger partial charge on any atom is 0.114 e. The van der Waals surface area contributed by atoms with Crippen LogP contribution in [0.4, 0.5) is 0 Å². The van der Waals surface area contributed by atoms with Crippen molar-refractivity contribution in [3.05, 3.63) is 11.9 Å². The molecule has 0 bridgehead atoms. The van der Waals surface area contributed by atoms with E-state index in [1.54, 1.807) is 24.1 Å². The zero-order valence-corrected chi connectivity index (χ0v) is 6.56. The maximum atomic E-state index is 4.76. The number of nitrogens with zero attached hydrogens (tertiary/aromatic N) is 4. The van der Waals surface area contributed by atoms with Gasteiger partial charge in [0.15, 0.2) is 0 Å². The largest absolute Gasteiger partial charge is 0.396 e. The monoisotopic (exact) mass is 154 g/mol. The van der Waals surface area contributed by atoms with E-state index in [9.17, 15) is 0 Å². The zero-order chi connectivity index (χ0) is 8.10. The van der Waals surface area contributed by atoms with Crippen LogP contribution in [0.1, 0.15) is 12.6 Å². The van der Waals surface area contributed by atoms with Gasteiger partial charge in [-0.15, -0.1) is 5.10 Å². The van der Waals surface area contributed by atoms with E-state index >= 15 is 0 Å². The molecule has 0 aliphatic carbocycles. The number of aromatic nitrogens is 3. The molecule has 0 amide bonds. The molecule has 0 aliphatic heterocycles. The second-order valence-electron chi connectivity index (χ2n) is 1.93. The van der Waals surface area contributed by atoms with E-state index < -0.39 is 0 Å². The number of hydrogen-bond acceptors (Lipinski definition) is 4. The topological polar surface area (TPSA) is 52.3 Å². The highest BCUT2D eigenvalue weighted by Crippen LogP contribution is 1.87. The van der Waals surface area contributed by atoms with Gasteiger partial charge >= 0.3 is 0 Å². The Kier molecular flexibility index (Phi) is 2.59. The summed E-state index contributed by atoms with van der Waals surface area (Å²) in [5, 5.41) is 11.0. The molecule has 0 radical (unpaired) electrons. The molecule has 1 aromatic rings. The van der Waals surface area contributed by atoms with E-state index in [0.29, 0.717) is 6.61 Å². The third kappa shape index (κ3) is 2.03. The average molecular weight is 154 g/mol. The van der Waals surface area contributed by atoms with Crippen LogP contribution in [-0.2, 0) is 11.9 Å². The predicted octanol–water partition coefficient (Wildman–Crippen LogP) is 0.185. The van der Waals surface area contributed by atoms with E-state index in [1.165, 1.54) is 0 Å². The SMILES string of the molecule is CCO/N=C/c1cnnn1C. The first-order valence-corrected chi connectivity index (χ1v) is 3.34. The zero-order valence-electron chi connectivity index (χ0n) is 6.56. The molecule has 5 heteroatoms. The van der Waals surface area contributed by atoms with Crippen molar-refractivity contribution in [2.24, 2.45) is 12.2 Å². The molecule has 0 aromatic carbocycles. The Balaban J connectivity index is 2.56. The molecule has 0 fully saturated rings. The number of aryl methyl sites for hydroxylation is 1. The minimum Gasteiger partial charge on any atom is -0.396 e. The molecular weight excluding hydrogens is 144 g/mol. The molecule has 0 atom stereocenters. The third-order valence-electron chi connectivity index (χ3n) is 1.14. The second kappa shape index (κ2) is 3.70. The van der Waals surface area contributed by atoms with Crippen LogP contribution >= 0.6 is 0 Å². The van der Waals surface area contributed by atoms with Crippen molar-refractivity contribution < 1.29 is 4.84 Å². The van der Waals surface area contributed by atoms with Gasteiger partial charge in [0.1, 0.15) is 12.3 Å². The normalized spacial score (nSPS) is 10.7. The minimum absolute atomic E-state index is 0.571. The molecule has 0 unspecified atom stereocenters. The first-order valence-electron chi connectivity index (χ1n) is 3.34. The molecule has 60 valence electrons. The van der Waals surface area contributed by atoms with Crippen molar-refractivity contribution in [1.82, 2.24) is 15.0 Å². The van der Waals surface area contributed by atoms with Crippen LogP contribution in [0, 0.1) is 0 Å². The molecule has 11 heavy (non-hydrogen) atoms. The molecule has 5 nitrogen and oxygen atoms in total. The second-order valence-corrected chi connectivity index (χ2v) is 1.93. The Hall–Kier alpha value is -1.39. The van der Waals surface area contributed by atoms with Gasteiger partial charge in [0.2, 0.25) is 0 Å². The summed E-state index contributed by atoms with van der Waals surface area (Å²) in [6, 6.07) is 0. The van der Waals surface area contributed by atoms with Crippen molar-refractivity contribution in [3.63, 3.8) is 0 Å². The quantitative estimate of drug-likeness (QED) is 0.461. The van der Waals surface area contributed by atoms with Crippen LogP contribution in [0.15, 0.2) is 11.4 Å². The number of oxime groups is 1. The fourth-order valence-corrected chi connectivity index (χ4v) is 0.580. The van der Waals surface area contributed by atoms with Crippen LogP contribution in [0.25, 0.3) is 0 Å². The number of rotatable bonds is 3.